The highest BCUT2D eigenvalue weighted by Crippen LogP contribution is 2.01. The zero-order chi connectivity index (χ0) is 8.81. The molecule has 0 spiro atoms. The fraction of sp³-hybridized carbons (Fsp3) is 0.125. The van der Waals surface area contributed by atoms with Gasteiger partial charge in [0.2, 0.25) is 0 Å². The Morgan fingerprint density at radius 1 is 1.33 bits per heavy atom. The van der Waals surface area contributed by atoms with Crippen molar-refractivity contribution in [1.82, 2.24) is 5.43 Å². The van der Waals surface area contributed by atoms with E-state index in [1.807, 2.05) is 18.2 Å². The van der Waals surface area contributed by atoms with E-state index >= 15 is 0 Å². The Balaban J connectivity index is 2.38. The Labute approximate surface area is 70.2 Å². The van der Waals surface area contributed by atoms with Crippen molar-refractivity contribution >= 4 is 11.6 Å². The van der Waals surface area contributed by atoms with Gasteiger partial charge in [-0.3, -0.25) is 15.6 Å². The molecular formula is C8H10N2O2. The molecule has 1 rings (SSSR count). The van der Waals surface area contributed by atoms with Gasteiger partial charge in [0.25, 0.3) is 5.91 Å². The first-order chi connectivity index (χ1) is 5.83. The summed E-state index contributed by atoms with van der Waals surface area (Å²) in [6.45, 7) is -0.514. The third kappa shape index (κ3) is 2.59. The Morgan fingerprint density at radius 2 is 2.00 bits per heavy atom. The maximum Gasteiger partial charge on any atom is 0.263 e. The number of amides is 1. The van der Waals surface area contributed by atoms with Crippen LogP contribution < -0.4 is 10.9 Å². The fourth-order valence-electron chi connectivity index (χ4n) is 0.703. The molecule has 0 bridgehead atoms. The summed E-state index contributed by atoms with van der Waals surface area (Å²) in [5, 5.41) is 8.36. The summed E-state index contributed by atoms with van der Waals surface area (Å²) in [7, 11) is 0. The lowest BCUT2D eigenvalue weighted by Crippen LogP contribution is -2.31. The predicted octanol–water partition coefficient (Wildman–Crippen LogP) is 0.122. The van der Waals surface area contributed by atoms with Crippen molar-refractivity contribution in [3.63, 3.8) is 0 Å². The highest BCUT2D eigenvalue weighted by atomic mass is 16.3. The van der Waals surface area contributed by atoms with E-state index in [2.05, 4.69) is 10.9 Å². The monoisotopic (exact) mass is 166 g/mol. The second-order valence-corrected chi connectivity index (χ2v) is 2.20. The summed E-state index contributed by atoms with van der Waals surface area (Å²) in [5.41, 5.74) is 5.72. The Morgan fingerprint density at radius 3 is 2.58 bits per heavy atom. The molecule has 1 aromatic carbocycles. The molecule has 0 unspecified atom stereocenters. The highest BCUT2D eigenvalue weighted by molar-refractivity contribution is 5.78. The van der Waals surface area contributed by atoms with Crippen LogP contribution in [0.25, 0.3) is 0 Å². The number of benzene rings is 1. The van der Waals surface area contributed by atoms with Gasteiger partial charge in [-0.15, -0.1) is 0 Å². The molecule has 0 aliphatic rings. The van der Waals surface area contributed by atoms with Gasteiger partial charge in [0.1, 0.15) is 6.61 Å². The van der Waals surface area contributed by atoms with Crippen LogP contribution in [0.1, 0.15) is 0 Å². The van der Waals surface area contributed by atoms with E-state index in [1.165, 1.54) is 0 Å². The van der Waals surface area contributed by atoms with Gasteiger partial charge in [0.05, 0.1) is 5.69 Å². The Bertz CT molecular complexity index is 248. The number of hydrogen-bond acceptors (Lipinski definition) is 3. The average Bonchev–Trinajstić information content (AvgIpc) is 2.16. The molecule has 0 saturated heterocycles. The third-order valence-electron chi connectivity index (χ3n) is 1.26. The zero-order valence-corrected chi connectivity index (χ0v) is 6.45. The molecule has 0 aliphatic heterocycles. The van der Waals surface area contributed by atoms with Crippen LogP contribution in [0.5, 0.6) is 0 Å². The van der Waals surface area contributed by atoms with E-state index in [-0.39, 0.29) is 0 Å². The molecule has 4 heteroatoms. The van der Waals surface area contributed by atoms with Gasteiger partial charge in [-0.25, -0.2) is 0 Å². The van der Waals surface area contributed by atoms with E-state index in [4.69, 9.17) is 5.11 Å². The summed E-state index contributed by atoms with van der Waals surface area (Å²) in [6, 6.07) is 9.16. The van der Waals surface area contributed by atoms with Gasteiger partial charge in [-0.1, -0.05) is 18.2 Å². The normalized spacial score (nSPS) is 9.08. The molecule has 64 valence electrons. The highest BCUT2D eigenvalue weighted by Gasteiger charge is 1.94. The number of rotatable bonds is 3. The number of anilines is 1. The number of carbonyl (C=O) groups is 1. The van der Waals surface area contributed by atoms with Gasteiger partial charge in [0, 0.05) is 0 Å². The van der Waals surface area contributed by atoms with Gasteiger partial charge < -0.3 is 5.11 Å². The Hall–Kier alpha value is -1.55. The number of nitrogens with one attached hydrogen (secondary N) is 2. The first-order valence-electron chi connectivity index (χ1n) is 3.53. The van der Waals surface area contributed by atoms with Crippen molar-refractivity contribution in [3.8, 4) is 0 Å². The number of carbonyl (C=O) groups excluding carboxylic acids is 1. The Kier molecular flexibility index (Phi) is 3.10. The van der Waals surface area contributed by atoms with Gasteiger partial charge >= 0.3 is 0 Å². The first kappa shape index (κ1) is 8.55. The molecular weight excluding hydrogens is 156 g/mol. The summed E-state index contributed by atoms with van der Waals surface area (Å²) in [5.74, 6) is -0.459. The molecule has 0 saturated carbocycles. The van der Waals surface area contributed by atoms with Crippen LogP contribution in [-0.2, 0) is 4.79 Å². The standard InChI is InChI=1S/C8H10N2O2/c11-6-8(12)10-9-7-4-2-1-3-5-7/h1-5,9,11H,6H2,(H,10,12). The van der Waals surface area contributed by atoms with Crippen molar-refractivity contribution in [2.24, 2.45) is 0 Å². The maximum atomic E-state index is 10.6. The quantitative estimate of drug-likeness (QED) is 0.559. The predicted molar refractivity (Wildman–Crippen MR) is 45.3 cm³/mol. The van der Waals surface area contributed by atoms with Crippen LogP contribution in [0.2, 0.25) is 0 Å². The molecule has 1 aromatic rings. The second kappa shape index (κ2) is 4.35. The number of aliphatic hydroxyl groups excluding tert-OH is 1. The molecule has 0 aromatic heterocycles. The van der Waals surface area contributed by atoms with E-state index in [9.17, 15) is 4.79 Å². The smallest absolute Gasteiger partial charge is 0.263 e. The lowest BCUT2D eigenvalue weighted by Gasteiger charge is -2.05. The molecule has 3 N–H and O–H groups in total. The minimum atomic E-state index is -0.514. The number of hydrogen-bond donors (Lipinski definition) is 3. The number of aliphatic hydroxyl groups is 1. The van der Waals surface area contributed by atoms with Crippen LogP contribution in [0.3, 0.4) is 0 Å². The summed E-state index contributed by atoms with van der Waals surface area (Å²) in [4.78, 5) is 10.6. The molecule has 4 nitrogen and oxygen atoms in total. The van der Waals surface area contributed by atoms with Gasteiger partial charge in [-0.2, -0.15) is 0 Å². The largest absolute Gasteiger partial charge is 0.386 e. The SMILES string of the molecule is O=C(CO)NNc1ccccc1. The lowest BCUT2D eigenvalue weighted by molar-refractivity contribution is -0.123. The zero-order valence-electron chi connectivity index (χ0n) is 6.45. The molecule has 12 heavy (non-hydrogen) atoms. The second-order valence-electron chi connectivity index (χ2n) is 2.20. The molecule has 0 radical (unpaired) electrons. The minimum Gasteiger partial charge on any atom is -0.386 e. The molecule has 1 amide bonds. The molecule has 0 aliphatic carbocycles. The van der Waals surface area contributed by atoms with Gasteiger partial charge in [-0.05, 0) is 12.1 Å². The summed E-state index contributed by atoms with van der Waals surface area (Å²) in [6.07, 6.45) is 0. The summed E-state index contributed by atoms with van der Waals surface area (Å²) < 4.78 is 0. The number of hydrazine groups is 1. The average molecular weight is 166 g/mol. The van der Waals surface area contributed by atoms with Gasteiger partial charge in [0.15, 0.2) is 0 Å². The van der Waals surface area contributed by atoms with Crippen LogP contribution in [0, 0.1) is 0 Å². The van der Waals surface area contributed by atoms with Crippen molar-refractivity contribution < 1.29 is 9.90 Å². The first-order valence-corrected chi connectivity index (χ1v) is 3.53. The summed E-state index contributed by atoms with van der Waals surface area (Å²) >= 11 is 0. The van der Waals surface area contributed by atoms with Crippen LogP contribution in [0.15, 0.2) is 30.3 Å². The molecule has 0 heterocycles. The lowest BCUT2D eigenvalue weighted by atomic mass is 10.3. The van der Waals surface area contributed by atoms with Crippen LogP contribution in [0.4, 0.5) is 5.69 Å². The van der Waals surface area contributed by atoms with Crippen molar-refractivity contribution in [2.45, 2.75) is 0 Å². The fourth-order valence-corrected chi connectivity index (χ4v) is 0.703. The van der Waals surface area contributed by atoms with E-state index in [0.29, 0.717) is 0 Å². The molecule has 0 fully saturated rings. The third-order valence-corrected chi connectivity index (χ3v) is 1.26. The van der Waals surface area contributed by atoms with Crippen molar-refractivity contribution in [1.29, 1.82) is 0 Å². The topological polar surface area (TPSA) is 61.4 Å². The van der Waals surface area contributed by atoms with E-state index in [1.54, 1.807) is 12.1 Å². The van der Waals surface area contributed by atoms with Crippen LogP contribution in [-0.4, -0.2) is 17.6 Å². The van der Waals surface area contributed by atoms with Crippen molar-refractivity contribution in [2.75, 3.05) is 12.0 Å². The van der Waals surface area contributed by atoms with Crippen LogP contribution >= 0.6 is 0 Å². The van der Waals surface area contributed by atoms with E-state index < -0.39 is 12.5 Å². The molecule has 0 atom stereocenters. The minimum absolute atomic E-state index is 0.459. The van der Waals surface area contributed by atoms with Crippen molar-refractivity contribution in [3.05, 3.63) is 30.3 Å². The maximum absolute atomic E-state index is 10.6. The number of para-hydroxylation sites is 1. The van der Waals surface area contributed by atoms with E-state index in [0.717, 1.165) is 5.69 Å².